The van der Waals surface area contributed by atoms with Crippen LogP contribution in [0.4, 0.5) is 4.79 Å². The summed E-state index contributed by atoms with van der Waals surface area (Å²) in [4.78, 5) is 25.5. The highest BCUT2D eigenvalue weighted by Gasteiger charge is 2.38. The fourth-order valence-corrected chi connectivity index (χ4v) is 3.91. The van der Waals surface area contributed by atoms with E-state index in [9.17, 15) is 19.8 Å². The Balaban J connectivity index is 1.73. The first-order valence-electron chi connectivity index (χ1n) is 8.54. The van der Waals surface area contributed by atoms with E-state index in [-0.39, 0.29) is 19.0 Å². The topological polar surface area (TPSA) is 89.9 Å². The molecule has 2 amide bonds. The number of carboxylic acids is 1. The van der Waals surface area contributed by atoms with Crippen molar-refractivity contribution in [1.29, 1.82) is 0 Å². The highest BCUT2D eigenvalue weighted by molar-refractivity contribution is 5.77. The van der Waals surface area contributed by atoms with Crippen LogP contribution in [-0.4, -0.2) is 39.2 Å². The number of aliphatic hydroxyl groups excluding tert-OH is 1. The summed E-state index contributed by atoms with van der Waals surface area (Å²) in [5.74, 6) is -0.888. The lowest BCUT2D eigenvalue weighted by atomic mass is 9.79. The number of fused-ring (bicyclic) bond motifs is 1. The van der Waals surface area contributed by atoms with E-state index in [1.54, 1.807) is 4.90 Å². The number of rotatable bonds is 3. The third kappa shape index (κ3) is 3.53. The number of carbonyl (C=O) groups excluding carboxylic acids is 1. The van der Waals surface area contributed by atoms with Crippen molar-refractivity contribution in [2.75, 3.05) is 6.54 Å². The lowest BCUT2D eigenvalue weighted by Crippen LogP contribution is -2.56. The van der Waals surface area contributed by atoms with Crippen molar-refractivity contribution < 1.29 is 19.8 Å². The SMILES string of the molecule is O=C(O)CC1(NC(=O)N2Cc3ccccc3[C@@H](O)C2)CCCCC1. The Morgan fingerprint density at radius 1 is 1.21 bits per heavy atom. The highest BCUT2D eigenvalue weighted by Crippen LogP contribution is 2.32. The van der Waals surface area contributed by atoms with E-state index in [2.05, 4.69) is 5.32 Å². The van der Waals surface area contributed by atoms with Crippen LogP contribution in [0.25, 0.3) is 0 Å². The molecule has 1 aliphatic heterocycles. The minimum Gasteiger partial charge on any atom is -0.481 e. The smallest absolute Gasteiger partial charge is 0.318 e. The van der Waals surface area contributed by atoms with Gasteiger partial charge in [0.25, 0.3) is 0 Å². The predicted molar refractivity (Wildman–Crippen MR) is 88.4 cm³/mol. The van der Waals surface area contributed by atoms with Crippen LogP contribution in [0.5, 0.6) is 0 Å². The molecule has 0 radical (unpaired) electrons. The first kappa shape index (κ1) is 16.8. The second kappa shape index (κ2) is 6.81. The molecule has 0 saturated heterocycles. The molecule has 6 nitrogen and oxygen atoms in total. The van der Waals surface area contributed by atoms with Crippen molar-refractivity contribution in [1.82, 2.24) is 10.2 Å². The minimum absolute atomic E-state index is 0.0499. The van der Waals surface area contributed by atoms with Crippen LogP contribution in [0.2, 0.25) is 0 Å². The molecule has 1 aliphatic carbocycles. The van der Waals surface area contributed by atoms with Gasteiger partial charge in [-0.15, -0.1) is 0 Å². The average molecular weight is 332 g/mol. The number of urea groups is 1. The fraction of sp³-hybridized carbons (Fsp3) is 0.556. The molecule has 6 heteroatoms. The van der Waals surface area contributed by atoms with Crippen LogP contribution in [0.15, 0.2) is 24.3 Å². The van der Waals surface area contributed by atoms with E-state index in [0.717, 1.165) is 30.4 Å². The standard InChI is InChI=1S/C18H24N2O4/c21-15-12-20(11-13-6-2-3-7-14(13)15)17(24)19-18(10-16(22)23)8-4-1-5-9-18/h2-3,6-7,15,21H,1,4-5,8-12H2,(H,19,24)(H,22,23)/t15-/m0/s1. The Morgan fingerprint density at radius 3 is 2.62 bits per heavy atom. The van der Waals surface area contributed by atoms with Gasteiger partial charge in [0, 0.05) is 6.54 Å². The van der Waals surface area contributed by atoms with Gasteiger partial charge in [-0.3, -0.25) is 4.79 Å². The van der Waals surface area contributed by atoms with Gasteiger partial charge >= 0.3 is 12.0 Å². The van der Waals surface area contributed by atoms with Gasteiger partial charge < -0.3 is 20.4 Å². The minimum atomic E-state index is -0.888. The number of benzene rings is 1. The van der Waals surface area contributed by atoms with Crippen LogP contribution < -0.4 is 5.32 Å². The molecular weight excluding hydrogens is 308 g/mol. The molecule has 1 aromatic carbocycles. The lowest BCUT2D eigenvalue weighted by molar-refractivity contribution is -0.139. The maximum atomic E-state index is 12.7. The van der Waals surface area contributed by atoms with Crippen LogP contribution in [0, 0.1) is 0 Å². The molecule has 130 valence electrons. The molecule has 2 aliphatic rings. The number of amides is 2. The number of carbonyl (C=O) groups is 2. The normalized spacial score (nSPS) is 22.5. The van der Waals surface area contributed by atoms with Gasteiger partial charge in [0.2, 0.25) is 0 Å². The van der Waals surface area contributed by atoms with E-state index < -0.39 is 17.6 Å². The predicted octanol–water partition coefficient (Wildman–Crippen LogP) is 2.42. The molecule has 0 unspecified atom stereocenters. The van der Waals surface area contributed by atoms with Crippen molar-refractivity contribution >= 4 is 12.0 Å². The Bertz CT molecular complexity index is 625. The Hall–Kier alpha value is -2.08. The Kier molecular flexibility index (Phi) is 4.76. The Labute approximate surface area is 141 Å². The molecule has 0 bridgehead atoms. The summed E-state index contributed by atoms with van der Waals surface area (Å²) < 4.78 is 0. The second-order valence-corrected chi connectivity index (χ2v) is 6.94. The van der Waals surface area contributed by atoms with E-state index in [1.807, 2.05) is 24.3 Å². The maximum Gasteiger partial charge on any atom is 0.318 e. The second-order valence-electron chi connectivity index (χ2n) is 6.94. The summed E-state index contributed by atoms with van der Waals surface area (Å²) in [6.07, 6.45) is 3.56. The number of hydrogen-bond donors (Lipinski definition) is 3. The van der Waals surface area contributed by atoms with Gasteiger partial charge in [0.1, 0.15) is 0 Å². The quantitative estimate of drug-likeness (QED) is 0.793. The summed E-state index contributed by atoms with van der Waals surface area (Å²) >= 11 is 0. The number of aliphatic carboxylic acids is 1. The van der Waals surface area contributed by atoms with Crippen molar-refractivity contribution in [3.05, 3.63) is 35.4 Å². The number of aliphatic hydroxyl groups is 1. The molecule has 0 aromatic heterocycles. The highest BCUT2D eigenvalue weighted by atomic mass is 16.4. The van der Waals surface area contributed by atoms with Crippen LogP contribution in [-0.2, 0) is 11.3 Å². The maximum absolute atomic E-state index is 12.7. The van der Waals surface area contributed by atoms with Gasteiger partial charge in [-0.1, -0.05) is 43.5 Å². The van der Waals surface area contributed by atoms with E-state index >= 15 is 0 Å². The molecule has 3 rings (SSSR count). The van der Waals surface area contributed by atoms with Crippen LogP contribution in [0.1, 0.15) is 55.8 Å². The van der Waals surface area contributed by atoms with Crippen molar-refractivity contribution in [2.45, 2.75) is 56.7 Å². The van der Waals surface area contributed by atoms with E-state index in [1.165, 1.54) is 0 Å². The molecule has 0 spiro atoms. The first-order valence-corrected chi connectivity index (χ1v) is 8.54. The number of carboxylic acid groups (broad SMARTS) is 1. The zero-order chi connectivity index (χ0) is 17.2. The van der Waals surface area contributed by atoms with Crippen molar-refractivity contribution in [2.24, 2.45) is 0 Å². The zero-order valence-electron chi connectivity index (χ0n) is 13.7. The van der Waals surface area contributed by atoms with Crippen LogP contribution >= 0.6 is 0 Å². The molecule has 1 heterocycles. The molecule has 1 atom stereocenters. The van der Waals surface area contributed by atoms with E-state index in [0.29, 0.717) is 19.4 Å². The Morgan fingerprint density at radius 2 is 1.92 bits per heavy atom. The molecule has 24 heavy (non-hydrogen) atoms. The van der Waals surface area contributed by atoms with Gasteiger partial charge in [0.05, 0.1) is 24.6 Å². The van der Waals surface area contributed by atoms with Gasteiger partial charge in [-0.05, 0) is 24.0 Å². The molecule has 3 N–H and O–H groups in total. The number of hydrogen-bond acceptors (Lipinski definition) is 3. The largest absolute Gasteiger partial charge is 0.481 e. The van der Waals surface area contributed by atoms with E-state index in [4.69, 9.17) is 0 Å². The lowest BCUT2D eigenvalue weighted by Gasteiger charge is -2.40. The van der Waals surface area contributed by atoms with Crippen molar-refractivity contribution in [3.63, 3.8) is 0 Å². The zero-order valence-corrected chi connectivity index (χ0v) is 13.7. The average Bonchev–Trinajstić information content (AvgIpc) is 2.54. The first-order chi connectivity index (χ1) is 11.5. The fourth-order valence-electron chi connectivity index (χ4n) is 3.91. The number of nitrogens with zero attached hydrogens (tertiary/aromatic N) is 1. The van der Waals surface area contributed by atoms with Gasteiger partial charge in [-0.25, -0.2) is 4.79 Å². The summed E-state index contributed by atoms with van der Waals surface area (Å²) in [5, 5.41) is 22.5. The number of nitrogens with one attached hydrogen (secondary N) is 1. The van der Waals surface area contributed by atoms with Gasteiger partial charge in [-0.2, -0.15) is 0 Å². The monoisotopic (exact) mass is 332 g/mol. The summed E-state index contributed by atoms with van der Waals surface area (Å²) in [6.45, 7) is 0.661. The molecule has 1 fully saturated rings. The number of β-amino-alcohol motifs (C(OH)–C–C–N with tert-alkyl or cyclic N) is 1. The third-order valence-corrected chi connectivity index (χ3v) is 5.13. The van der Waals surface area contributed by atoms with Crippen LogP contribution in [0.3, 0.4) is 0 Å². The molecular formula is C18H24N2O4. The summed E-state index contributed by atoms with van der Waals surface area (Å²) in [7, 11) is 0. The molecule has 1 aromatic rings. The third-order valence-electron chi connectivity index (χ3n) is 5.13. The summed E-state index contributed by atoms with van der Waals surface area (Å²) in [6, 6.07) is 7.27. The molecule has 1 saturated carbocycles. The summed E-state index contributed by atoms with van der Waals surface area (Å²) in [5.41, 5.74) is 1.13. The van der Waals surface area contributed by atoms with Gasteiger partial charge in [0.15, 0.2) is 0 Å². The van der Waals surface area contributed by atoms with Crippen molar-refractivity contribution in [3.8, 4) is 0 Å².